The second-order valence-corrected chi connectivity index (χ2v) is 10.2. The summed E-state index contributed by atoms with van der Waals surface area (Å²) in [4.78, 5) is 18.6. The van der Waals surface area contributed by atoms with Crippen LogP contribution in [0.25, 0.3) is 11.0 Å². The molecule has 0 aliphatic carbocycles. The maximum absolute atomic E-state index is 14.9. The third kappa shape index (κ3) is 5.35. The quantitative estimate of drug-likeness (QED) is 0.443. The minimum Gasteiger partial charge on any atom is -0.470 e. The van der Waals surface area contributed by atoms with Crippen LogP contribution in [0.15, 0.2) is 24.3 Å². The smallest absolute Gasteiger partial charge is 0.266 e. The number of piperazine rings is 1. The first-order chi connectivity index (χ1) is 18.2. The van der Waals surface area contributed by atoms with Crippen molar-refractivity contribution in [3.8, 4) is 5.88 Å². The number of benzene rings is 1. The van der Waals surface area contributed by atoms with Crippen LogP contribution in [-0.2, 0) is 0 Å². The summed E-state index contributed by atoms with van der Waals surface area (Å²) in [5.41, 5.74) is 0.849. The molecule has 2 saturated heterocycles. The molecule has 4 heterocycles. The molecule has 0 unspecified atom stereocenters. The summed E-state index contributed by atoms with van der Waals surface area (Å²) in [5, 5.41) is 7.11. The molecular weight excluding hydrogens is 495 g/mol. The normalized spacial score (nSPS) is 17.8. The van der Waals surface area contributed by atoms with Gasteiger partial charge in [0, 0.05) is 50.9 Å². The molecule has 8 nitrogen and oxygen atoms in total. The molecule has 2 aliphatic heterocycles. The first kappa shape index (κ1) is 26.4. The number of pyridine rings is 1. The summed E-state index contributed by atoms with van der Waals surface area (Å²) in [7, 11) is 0. The number of nitrogens with one attached hydrogen (secondary N) is 2. The third-order valence-corrected chi connectivity index (χ3v) is 7.27. The van der Waals surface area contributed by atoms with Gasteiger partial charge in [0.05, 0.1) is 17.0 Å². The Balaban J connectivity index is 1.52. The average molecular weight is 530 g/mol. The molecule has 2 aliphatic rings. The lowest BCUT2D eigenvalue weighted by molar-refractivity contribution is 0.136. The van der Waals surface area contributed by atoms with Crippen molar-refractivity contribution < 1.29 is 17.9 Å². The van der Waals surface area contributed by atoms with Gasteiger partial charge in [-0.05, 0) is 33.8 Å². The maximum Gasteiger partial charge on any atom is 0.266 e. The maximum atomic E-state index is 14.9. The minimum atomic E-state index is -2.89. The van der Waals surface area contributed by atoms with E-state index < -0.39 is 23.8 Å². The molecule has 2 aromatic heterocycles. The molecule has 0 radical (unpaired) electrons. The van der Waals surface area contributed by atoms with Crippen molar-refractivity contribution in [2.75, 3.05) is 49.5 Å². The van der Waals surface area contributed by atoms with Crippen molar-refractivity contribution in [3.05, 3.63) is 47.0 Å². The Kier molecular flexibility index (Phi) is 7.58. The van der Waals surface area contributed by atoms with Crippen molar-refractivity contribution in [2.45, 2.75) is 52.3 Å². The SMILES string of the molecule is Cc1nc(N[C@H](C)c2cccc(C(F)F)c2F)c2cc(N3CCN(C(C)C)CC3)c(OC3CNC3)nc2n1. The molecule has 0 saturated carbocycles. The summed E-state index contributed by atoms with van der Waals surface area (Å²) in [5.74, 6) is 0.573. The summed E-state index contributed by atoms with van der Waals surface area (Å²) in [6.07, 6.45) is -2.85. The third-order valence-electron chi connectivity index (χ3n) is 7.27. The van der Waals surface area contributed by atoms with Crippen molar-refractivity contribution >= 4 is 22.5 Å². The number of aryl methyl sites for hydroxylation is 1. The van der Waals surface area contributed by atoms with Crippen molar-refractivity contribution in [2.24, 2.45) is 0 Å². The Morgan fingerprint density at radius 2 is 1.74 bits per heavy atom. The molecule has 204 valence electrons. The molecular formula is C27H34F3N7O. The summed E-state index contributed by atoms with van der Waals surface area (Å²) in [6, 6.07) is 5.88. The molecule has 5 rings (SSSR count). The number of halogens is 3. The fourth-order valence-corrected chi connectivity index (χ4v) is 4.90. The van der Waals surface area contributed by atoms with E-state index in [0.29, 0.717) is 34.6 Å². The topological polar surface area (TPSA) is 78.4 Å². The van der Waals surface area contributed by atoms with E-state index in [-0.39, 0.29) is 11.7 Å². The van der Waals surface area contributed by atoms with Gasteiger partial charge in [0.1, 0.15) is 29.3 Å². The molecule has 1 aromatic carbocycles. The Morgan fingerprint density at radius 1 is 1.03 bits per heavy atom. The minimum absolute atomic E-state index is 0.0429. The molecule has 38 heavy (non-hydrogen) atoms. The zero-order chi connectivity index (χ0) is 27.0. The van der Waals surface area contributed by atoms with Gasteiger partial charge in [-0.3, -0.25) is 4.90 Å². The van der Waals surface area contributed by atoms with Crippen molar-refractivity contribution in [1.82, 2.24) is 25.2 Å². The van der Waals surface area contributed by atoms with Crippen LogP contribution in [0.3, 0.4) is 0 Å². The van der Waals surface area contributed by atoms with Crippen LogP contribution < -0.4 is 20.3 Å². The van der Waals surface area contributed by atoms with Gasteiger partial charge >= 0.3 is 0 Å². The lowest BCUT2D eigenvalue weighted by Gasteiger charge is -2.39. The number of anilines is 2. The van der Waals surface area contributed by atoms with E-state index in [1.165, 1.54) is 12.1 Å². The fourth-order valence-electron chi connectivity index (χ4n) is 4.90. The molecule has 0 amide bonds. The van der Waals surface area contributed by atoms with E-state index in [2.05, 4.69) is 44.2 Å². The van der Waals surface area contributed by atoms with Gasteiger partial charge < -0.3 is 20.3 Å². The first-order valence-electron chi connectivity index (χ1n) is 13.1. The van der Waals surface area contributed by atoms with Gasteiger partial charge in [0.25, 0.3) is 6.43 Å². The van der Waals surface area contributed by atoms with Crippen LogP contribution in [0.2, 0.25) is 0 Å². The number of ether oxygens (including phenoxy) is 1. The number of hydrogen-bond acceptors (Lipinski definition) is 8. The number of alkyl halides is 2. The largest absolute Gasteiger partial charge is 0.470 e. The molecule has 2 N–H and O–H groups in total. The average Bonchev–Trinajstić information content (AvgIpc) is 2.85. The lowest BCUT2D eigenvalue weighted by atomic mass is 10.0. The summed E-state index contributed by atoms with van der Waals surface area (Å²) >= 11 is 0. The predicted molar refractivity (Wildman–Crippen MR) is 142 cm³/mol. The van der Waals surface area contributed by atoms with E-state index in [1.54, 1.807) is 13.8 Å². The van der Waals surface area contributed by atoms with Crippen LogP contribution in [0.5, 0.6) is 5.88 Å². The number of rotatable bonds is 8. The number of aromatic nitrogens is 3. The zero-order valence-electron chi connectivity index (χ0n) is 22.1. The van der Waals surface area contributed by atoms with Gasteiger partial charge in [-0.25, -0.2) is 23.1 Å². The highest BCUT2D eigenvalue weighted by atomic mass is 19.3. The van der Waals surface area contributed by atoms with Crippen LogP contribution in [0, 0.1) is 12.7 Å². The van der Waals surface area contributed by atoms with E-state index in [9.17, 15) is 13.2 Å². The second-order valence-electron chi connectivity index (χ2n) is 10.2. The van der Waals surface area contributed by atoms with Crippen LogP contribution in [0.4, 0.5) is 24.7 Å². The van der Waals surface area contributed by atoms with Gasteiger partial charge in [0.15, 0.2) is 5.65 Å². The van der Waals surface area contributed by atoms with Crippen molar-refractivity contribution in [3.63, 3.8) is 0 Å². The van der Waals surface area contributed by atoms with Gasteiger partial charge in [0.2, 0.25) is 5.88 Å². The second kappa shape index (κ2) is 10.9. The number of hydrogen-bond donors (Lipinski definition) is 2. The fraction of sp³-hybridized carbons (Fsp3) is 0.519. The monoisotopic (exact) mass is 529 g/mol. The van der Waals surface area contributed by atoms with Gasteiger partial charge in [-0.1, -0.05) is 18.2 Å². The highest BCUT2D eigenvalue weighted by Crippen LogP contribution is 2.36. The molecule has 0 spiro atoms. The Hall–Kier alpha value is -3.18. The van der Waals surface area contributed by atoms with Crippen LogP contribution in [0.1, 0.15) is 50.2 Å². The van der Waals surface area contributed by atoms with Gasteiger partial charge in [-0.2, -0.15) is 4.98 Å². The molecule has 11 heteroatoms. The molecule has 2 fully saturated rings. The highest BCUT2D eigenvalue weighted by Gasteiger charge is 2.27. The number of nitrogens with zero attached hydrogens (tertiary/aromatic N) is 5. The summed E-state index contributed by atoms with van der Waals surface area (Å²) < 4.78 is 47.7. The number of fused-ring (bicyclic) bond motifs is 1. The molecule has 0 bridgehead atoms. The predicted octanol–water partition coefficient (Wildman–Crippen LogP) is 4.46. The lowest BCUT2D eigenvalue weighted by Crippen LogP contribution is -2.51. The zero-order valence-corrected chi connectivity index (χ0v) is 22.1. The van der Waals surface area contributed by atoms with E-state index in [0.717, 1.165) is 51.0 Å². The Bertz CT molecular complexity index is 1290. The molecule has 3 aromatic rings. The Labute approximate surface area is 220 Å². The molecule has 1 atom stereocenters. The Morgan fingerprint density at radius 3 is 2.37 bits per heavy atom. The van der Waals surface area contributed by atoms with E-state index in [1.807, 2.05) is 6.07 Å². The highest BCUT2D eigenvalue weighted by molar-refractivity contribution is 5.90. The van der Waals surface area contributed by atoms with Crippen LogP contribution in [-0.4, -0.2) is 71.3 Å². The van der Waals surface area contributed by atoms with E-state index in [4.69, 9.17) is 9.72 Å². The standard InChI is InChI=1S/C27H34F3N7O/c1-15(2)36-8-10-37(11-9-36)22-12-21-25(32-16(3)19-6-5-7-20(23(19)28)24(29)30)33-17(4)34-26(21)35-27(22)38-18-13-31-14-18/h5-7,12,15-16,18,24,31H,8-11,13-14H2,1-4H3,(H,32,33,34,35)/t16-/m1/s1. The van der Waals surface area contributed by atoms with Crippen molar-refractivity contribution in [1.29, 1.82) is 0 Å². The van der Waals surface area contributed by atoms with Gasteiger partial charge in [-0.15, -0.1) is 0 Å². The summed E-state index contributed by atoms with van der Waals surface area (Å²) in [6.45, 7) is 12.9. The van der Waals surface area contributed by atoms with E-state index >= 15 is 0 Å². The first-order valence-corrected chi connectivity index (χ1v) is 13.1. The van der Waals surface area contributed by atoms with Crippen LogP contribution >= 0.6 is 0 Å².